The number of sulfonamides is 1. The quantitative estimate of drug-likeness (QED) is 0.655. The maximum absolute atomic E-state index is 11.4. The summed E-state index contributed by atoms with van der Waals surface area (Å²) in [7, 11) is -0.815. The first-order valence-electron chi connectivity index (χ1n) is 5.55. The summed E-state index contributed by atoms with van der Waals surface area (Å²) in [6.07, 6.45) is 4.61. The fourth-order valence-corrected chi connectivity index (χ4v) is 3.70. The van der Waals surface area contributed by atoms with E-state index < -0.39 is 10.0 Å². The zero-order chi connectivity index (χ0) is 11.1. The fourth-order valence-electron chi connectivity index (χ4n) is 2.86. The van der Waals surface area contributed by atoms with Gasteiger partial charge in [0, 0.05) is 19.6 Å². The number of nitrogens with zero attached hydrogens (tertiary/aromatic N) is 2. The van der Waals surface area contributed by atoms with E-state index >= 15 is 0 Å². The summed E-state index contributed by atoms with van der Waals surface area (Å²) >= 11 is 0. The van der Waals surface area contributed by atoms with Crippen LogP contribution >= 0.6 is 0 Å². The van der Waals surface area contributed by atoms with Crippen molar-refractivity contribution in [3.05, 3.63) is 0 Å². The minimum absolute atomic E-state index is 0.413. The molecular formula is C10H20N2O2S. The Morgan fingerprint density at radius 1 is 1.07 bits per heavy atom. The molecule has 2 saturated heterocycles. The molecule has 0 aromatic heterocycles. The van der Waals surface area contributed by atoms with Gasteiger partial charge in [0.1, 0.15) is 0 Å². The van der Waals surface area contributed by atoms with Crippen molar-refractivity contribution in [1.29, 1.82) is 0 Å². The number of piperidine rings is 1. The van der Waals surface area contributed by atoms with Crippen molar-refractivity contribution in [3.63, 3.8) is 0 Å². The molecule has 2 aliphatic rings. The summed E-state index contributed by atoms with van der Waals surface area (Å²) in [6, 6.07) is 0. The highest BCUT2D eigenvalue weighted by Gasteiger charge is 2.40. The molecule has 0 radical (unpaired) electrons. The van der Waals surface area contributed by atoms with Gasteiger partial charge in [-0.1, -0.05) is 0 Å². The third kappa shape index (κ3) is 2.34. The zero-order valence-electron chi connectivity index (χ0n) is 9.57. The van der Waals surface area contributed by atoms with E-state index in [1.165, 1.54) is 19.2 Å². The van der Waals surface area contributed by atoms with E-state index in [-0.39, 0.29) is 0 Å². The van der Waals surface area contributed by atoms with Gasteiger partial charge < -0.3 is 4.90 Å². The van der Waals surface area contributed by atoms with Crippen LogP contribution in [0.15, 0.2) is 0 Å². The van der Waals surface area contributed by atoms with Crippen molar-refractivity contribution < 1.29 is 8.42 Å². The fraction of sp³-hybridized carbons (Fsp3) is 1.00. The lowest BCUT2D eigenvalue weighted by molar-refractivity contribution is 0.161. The van der Waals surface area contributed by atoms with E-state index in [0.717, 1.165) is 19.4 Å². The molecule has 88 valence electrons. The number of likely N-dealkylation sites (tertiary alicyclic amines) is 1. The summed E-state index contributed by atoms with van der Waals surface area (Å²) in [5, 5.41) is 0. The number of rotatable bonds is 1. The Kier molecular flexibility index (Phi) is 2.81. The first kappa shape index (κ1) is 11.4. The van der Waals surface area contributed by atoms with Crippen molar-refractivity contribution in [2.24, 2.45) is 5.41 Å². The molecule has 0 atom stereocenters. The van der Waals surface area contributed by atoms with Crippen molar-refractivity contribution in [1.82, 2.24) is 9.21 Å². The Morgan fingerprint density at radius 3 is 2.00 bits per heavy atom. The van der Waals surface area contributed by atoms with Gasteiger partial charge in [0.25, 0.3) is 0 Å². The Hall–Kier alpha value is -0.130. The molecule has 1 spiro atoms. The van der Waals surface area contributed by atoms with Gasteiger partial charge in [-0.15, -0.1) is 0 Å². The summed E-state index contributed by atoms with van der Waals surface area (Å²) < 4.78 is 24.4. The largest absolute Gasteiger partial charge is 0.306 e. The predicted molar refractivity (Wildman–Crippen MR) is 60.2 cm³/mol. The van der Waals surface area contributed by atoms with Gasteiger partial charge in [0.2, 0.25) is 10.0 Å². The predicted octanol–water partition coefficient (Wildman–Crippen LogP) is 0.364. The van der Waals surface area contributed by atoms with Crippen molar-refractivity contribution >= 4 is 10.0 Å². The second kappa shape index (κ2) is 3.71. The smallest absolute Gasteiger partial charge is 0.211 e. The van der Waals surface area contributed by atoms with Gasteiger partial charge in [-0.05, 0) is 38.3 Å². The van der Waals surface area contributed by atoms with Crippen molar-refractivity contribution in [3.8, 4) is 0 Å². The average Bonchev–Trinajstić information content (AvgIpc) is 2.47. The first-order chi connectivity index (χ1) is 6.91. The molecule has 2 fully saturated rings. The third-order valence-electron chi connectivity index (χ3n) is 3.88. The molecule has 5 heteroatoms. The number of hydrogen-bond donors (Lipinski definition) is 0. The molecular weight excluding hydrogens is 212 g/mol. The topological polar surface area (TPSA) is 40.6 Å². The first-order valence-corrected chi connectivity index (χ1v) is 7.40. The SMILES string of the molecule is CN1CCC2(CCN(S(C)(=O)=O)CC2)C1. The number of hydrogen-bond acceptors (Lipinski definition) is 3. The van der Waals surface area contributed by atoms with Crippen molar-refractivity contribution in [2.75, 3.05) is 39.5 Å². The Labute approximate surface area is 92.3 Å². The summed E-state index contributed by atoms with van der Waals surface area (Å²) in [5.74, 6) is 0. The van der Waals surface area contributed by atoms with Crippen LogP contribution in [0.5, 0.6) is 0 Å². The van der Waals surface area contributed by atoms with Crippen LogP contribution in [0.1, 0.15) is 19.3 Å². The van der Waals surface area contributed by atoms with Crippen LogP contribution < -0.4 is 0 Å². The van der Waals surface area contributed by atoms with E-state index in [2.05, 4.69) is 11.9 Å². The van der Waals surface area contributed by atoms with E-state index in [4.69, 9.17) is 0 Å². The van der Waals surface area contributed by atoms with Gasteiger partial charge in [-0.3, -0.25) is 0 Å². The second-order valence-corrected chi connectivity index (χ2v) is 7.13. The molecule has 0 aromatic rings. The minimum atomic E-state index is -2.97. The zero-order valence-corrected chi connectivity index (χ0v) is 10.4. The normalized spacial score (nSPS) is 28.7. The van der Waals surface area contributed by atoms with Gasteiger partial charge in [0.15, 0.2) is 0 Å². The lowest BCUT2D eigenvalue weighted by atomic mass is 9.78. The Balaban J connectivity index is 1.98. The summed E-state index contributed by atoms with van der Waals surface area (Å²) in [4.78, 5) is 2.36. The van der Waals surface area contributed by atoms with E-state index in [1.54, 1.807) is 4.31 Å². The molecule has 2 rings (SSSR count). The lowest BCUT2D eigenvalue weighted by Gasteiger charge is -2.38. The Morgan fingerprint density at radius 2 is 1.60 bits per heavy atom. The Bertz CT molecular complexity index is 331. The van der Waals surface area contributed by atoms with Crippen LogP contribution in [0.4, 0.5) is 0 Å². The standard InChI is InChI=1S/C10H20N2O2S/c1-11-6-3-10(9-11)4-7-12(8-5-10)15(2,13)14/h3-9H2,1-2H3. The molecule has 0 unspecified atom stereocenters. The van der Waals surface area contributed by atoms with Gasteiger partial charge in [0.05, 0.1) is 6.26 Å². The molecule has 0 amide bonds. The second-order valence-electron chi connectivity index (χ2n) is 5.15. The lowest BCUT2D eigenvalue weighted by Crippen LogP contribution is -2.43. The molecule has 2 aliphatic heterocycles. The molecule has 0 bridgehead atoms. The highest BCUT2D eigenvalue weighted by Crippen LogP contribution is 2.40. The van der Waals surface area contributed by atoms with Gasteiger partial charge in [-0.2, -0.15) is 0 Å². The minimum Gasteiger partial charge on any atom is -0.306 e. The van der Waals surface area contributed by atoms with Crippen LogP contribution in [0.2, 0.25) is 0 Å². The van der Waals surface area contributed by atoms with Crippen LogP contribution in [0, 0.1) is 5.41 Å². The monoisotopic (exact) mass is 232 g/mol. The van der Waals surface area contributed by atoms with E-state index in [1.807, 2.05) is 0 Å². The molecule has 0 aromatic carbocycles. The average molecular weight is 232 g/mol. The maximum atomic E-state index is 11.4. The third-order valence-corrected chi connectivity index (χ3v) is 5.18. The van der Waals surface area contributed by atoms with Crippen molar-refractivity contribution in [2.45, 2.75) is 19.3 Å². The molecule has 4 nitrogen and oxygen atoms in total. The highest BCUT2D eigenvalue weighted by atomic mass is 32.2. The van der Waals surface area contributed by atoms with Crippen LogP contribution in [0.3, 0.4) is 0 Å². The highest BCUT2D eigenvalue weighted by molar-refractivity contribution is 7.88. The van der Waals surface area contributed by atoms with Gasteiger partial charge >= 0.3 is 0 Å². The molecule has 0 saturated carbocycles. The van der Waals surface area contributed by atoms with Crippen LogP contribution in [-0.4, -0.2) is 57.1 Å². The van der Waals surface area contributed by atoms with E-state index in [0.29, 0.717) is 18.5 Å². The summed E-state index contributed by atoms with van der Waals surface area (Å²) in [5.41, 5.74) is 0.413. The maximum Gasteiger partial charge on any atom is 0.211 e. The molecule has 0 N–H and O–H groups in total. The van der Waals surface area contributed by atoms with Crippen LogP contribution in [-0.2, 0) is 10.0 Å². The molecule has 2 heterocycles. The molecule has 0 aliphatic carbocycles. The summed E-state index contributed by atoms with van der Waals surface area (Å²) in [6.45, 7) is 3.74. The molecule has 15 heavy (non-hydrogen) atoms. The van der Waals surface area contributed by atoms with Gasteiger partial charge in [-0.25, -0.2) is 12.7 Å². The van der Waals surface area contributed by atoms with Crippen LogP contribution in [0.25, 0.3) is 0 Å². The van der Waals surface area contributed by atoms with E-state index in [9.17, 15) is 8.42 Å².